The van der Waals surface area contributed by atoms with E-state index < -0.39 is 22.5 Å². The Morgan fingerprint density at radius 3 is 2.76 bits per heavy atom. The van der Waals surface area contributed by atoms with Crippen LogP contribution in [-0.4, -0.2) is 22.6 Å². The van der Waals surface area contributed by atoms with Gasteiger partial charge in [-0.1, -0.05) is 6.07 Å². The number of rotatable bonds is 4. The second-order valence-electron chi connectivity index (χ2n) is 5.16. The average molecular weight is 346 g/mol. The first-order valence-electron chi connectivity index (χ1n) is 7.05. The topological polar surface area (TPSA) is 105 Å². The van der Waals surface area contributed by atoms with Gasteiger partial charge >= 0.3 is 11.7 Å². The fourth-order valence-corrected chi connectivity index (χ4v) is 2.47. The van der Waals surface area contributed by atoms with Crippen LogP contribution in [-0.2, 0) is 11.3 Å². The highest BCUT2D eigenvalue weighted by Crippen LogP contribution is 2.22. The molecule has 3 rings (SSSR count). The van der Waals surface area contributed by atoms with Gasteiger partial charge in [0, 0.05) is 12.1 Å². The van der Waals surface area contributed by atoms with Gasteiger partial charge in [0.1, 0.15) is 5.82 Å². The Morgan fingerprint density at radius 2 is 2.08 bits per heavy atom. The Bertz CT molecular complexity index is 1050. The number of nitro benzene ring substituents is 1. The van der Waals surface area contributed by atoms with Crippen molar-refractivity contribution < 1.29 is 23.3 Å². The molecule has 0 unspecified atom stereocenters. The SMILES string of the molecule is COC(=O)c1cc(F)ccc1Cn1c(=O)oc2ccc([N+](=O)[O-])cc21. The fourth-order valence-electron chi connectivity index (χ4n) is 2.47. The van der Waals surface area contributed by atoms with Crippen molar-refractivity contribution in [2.24, 2.45) is 0 Å². The van der Waals surface area contributed by atoms with Crippen molar-refractivity contribution in [3.8, 4) is 0 Å². The van der Waals surface area contributed by atoms with Gasteiger partial charge in [-0.25, -0.2) is 14.0 Å². The van der Waals surface area contributed by atoms with Crippen LogP contribution in [0, 0.1) is 15.9 Å². The first-order chi connectivity index (χ1) is 11.9. The third-order valence-electron chi connectivity index (χ3n) is 3.67. The number of halogens is 1. The Kier molecular flexibility index (Phi) is 4.05. The first kappa shape index (κ1) is 16.4. The van der Waals surface area contributed by atoms with E-state index in [2.05, 4.69) is 4.74 Å². The number of oxazole rings is 1. The highest BCUT2D eigenvalue weighted by atomic mass is 19.1. The number of methoxy groups -OCH3 is 1. The van der Waals surface area contributed by atoms with Crippen LogP contribution in [0.4, 0.5) is 10.1 Å². The summed E-state index contributed by atoms with van der Waals surface area (Å²) in [6, 6.07) is 7.20. The number of esters is 1. The highest BCUT2D eigenvalue weighted by molar-refractivity contribution is 5.91. The molecular weight excluding hydrogens is 335 g/mol. The van der Waals surface area contributed by atoms with E-state index in [1.54, 1.807) is 0 Å². The molecule has 0 N–H and O–H groups in total. The van der Waals surface area contributed by atoms with Gasteiger partial charge in [0.25, 0.3) is 5.69 Å². The van der Waals surface area contributed by atoms with E-state index in [-0.39, 0.29) is 28.9 Å². The molecule has 0 bridgehead atoms. The largest absolute Gasteiger partial charge is 0.465 e. The minimum atomic E-state index is -0.763. The van der Waals surface area contributed by atoms with Crippen molar-refractivity contribution in [2.75, 3.05) is 7.11 Å². The monoisotopic (exact) mass is 346 g/mol. The summed E-state index contributed by atoms with van der Waals surface area (Å²) in [7, 11) is 1.15. The third kappa shape index (κ3) is 2.99. The van der Waals surface area contributed by atoms with Gasteiger partial charge in [0.15, 0.2) is 5.58 Å². The van der Waals surface area contributed by atoms with Crippen LogP contribution in [0.15, 0.2) is 45.6 Å². The smallest absolute Gasteiger partial charge is 0.420 e. The van der Waals surface area contributed by atoms with Gasteiger partial charge in [0.05, 0.1) is 29.7 Å². The number of hydrogen-bond acceptors (Lipinski definition) is 6. The number of aromatic nitrogens is 1. The molecule has 0 aliphatic carbocycles. The van der Waals surface area contributed by atoms with Crippen LogP contribution >= 0.6 is 0 Å². The molecule has 9 heteroatoms. The lowest BCUT2D eigenvalue weighted by Crippen LogP contribution is -2.17. The molecule has 128 valence electrons. The summed E-state index contributed by atoms with van der Waals surface area (Å²) in [5.74, 6) is -2.15. The van der Waals surface area contributed by atoms with E-state index in [1.807, 2.05) is 0 Å². The normalized spacial score (nSPS) is 10.8. The molecule has 0 spiro atoms. The van der Waals surface area contributed by atoms with E-state index in [4.69, 9.17) is 4.42 Å². The predicted octanol–water partition coefficient (Wildman–Crippen LogP) is 2.48. The molecule has 25 heavy (non-hydrogen) atoms. The Labute approximate surface area is 139 Å². The van der Waals surface area contributed by atoms with Crippen LogP contribution in [0.1, 0.15) is 15.9 Å². The van der Waals surface area contributed by atoms with Crippen molar-refractivity contribution in [2.45, 2.75) is 6.54 Å². The van der Waals surface area contributed by atoms with Crippen LogP contribution in [0.3, 0.4) is 0 Å². The molecule has 0 saturated heterocycles. The maximum absolute atomic E-state index is 13.4. The van der Waals surface area contributed by atoms with Crippen molar-refractivity contribution in [3.05, 3.63) is 74.0 Å². The van der Waals surface area contributed by atoms with Crippen molar-refractivity contribution >= 4 is 22.8 Å². The number of carbonyl (C=O) groups is 1. The van der Waals surface area contributed by atoms with Gasteiger partial charge < -0.3 is 9.15 Å². The highest BCUT2D eigenvalue weighted by Gasteiger charge is 2.18. The number of ether oxygens (including phenoxy) is 1. The summed E-state index contributed by atoms with van der Waals surface area (Å²) in [4.78, 5) is 34.2. The maximum atomic E-state index is 13.4. The number of carbonyl (C=O) groups excluding carboxylic acids is 1. The van der Waals surface area contributed by atoms with E-state index in [0.717, 1.165) is 23.8 Å². The van der Waals surface area contributed by atoms with Gasteiger partial charge in [-0.3, -0.25) is 14.7 Å². The summed E-state index contributed by atoms with van der Waals surface area (Å²) in [5, 5.41) is 10.9. The molecule has 0 fully saturated rings. The van der Waals surface area contributed by atoms with Gasteiger partial charge in [-0.15, -0.1) is 0 Å². The summed E-state index contributed by atoms with van der Waals surface area (Å²) in [6.45, 7) is -0.141. The van der Waals surface area contributed by atoms with Crippen LogP contribution < -0.4 is 5.76 Å². The Hall–Kier alpha value is -3.49. The second kappa shape index (κ2) is 6.19. The average Bonchev–Trinajstić information content (AvgIpc) is 2.90. The number of hydrogen-bond donors (Lipinski definition) is 0. The lowest BCUT2D eigenvalue weighted by atomic mass is 10.1. The molecule has 0 radical (unpaired) electrons. The number of nitro groups is 1. The van der Waals surface area contributed by atoms with Crippen molar-refractivity contribution in [1.82, 2.24) is 4.57 Å². The third-order valence-corrected chi connectivity index (χ3v) is 3.67. The Morgan fingerprint density at radius 1 is 1.32 bits per heavy atom. The zero-order valence-corrected chi connectivity index (χ0v) is 12.9. The molecule has 0 saturated carbocycles. The van der Waals surface area contributed by atoms with E-state index in [1.165, 1.54) is 24.3 Å². The fraction of sp³-hybridized carbons (Fsp3) is 0.125. The lowest BCUT2D eigenvalue weighted by molar-refractivity contribution is -0.384. The lowest BCUT2D eigenvalue weighted by Gasteiger charge is -2.08. The van der Waals surface area contributed by atoms with Crippen LogP contribution in [0.5, 0.6) is 0 Å². The Balaban J connectivity index is 2.14. The van der Waals surface area contributed by atoms with E-state index in [9.17, 15) is 24.1 Å². The van der Waals surface area contributed by atoms with Gasteiger partial charge in [-0.05, 0) is 23.8 Å². The maximum Gasteiger partial charge on any atom is 0.420 e. The standard InChI is InChI=1S/C16H11FN2O6/c1-24-15(20)12-6-10(17)3-2-9(12)8-18-13-7-11(19(22)23)4-5-14(13)25-16(18)21/h2-7H,8H2,1H3. The molecule has 1 aromatic heterocycles. The number of benzene rings is 2. The van der Waals surface area contributed by atoms with Gasteiger partial charge in [-0.2, -0.15) is 0 Å². The van der Waals surface area contributed by atoms with Gasteiger partial charge in [0.2, 0.25) is 0 Å². The predicted molar refractivity (Wildman–Crippen MR) is 84.0 cm³/mol. The van der Waals surface area contributed by atoms with Crippen LogP contribution in [0.25, 0.3) is 11.1 Å². The quantitative estimate of drug-likeness (QED) is 0.408. The molecule has 0 aliphatic rings. The van der Waals surface area contributed by atoms with E-state index >= 15 is 0 Å². The number of nitrogens with zero attached hydrogens (tertiary/aromatic N) is 2. The molecular formula is C16H11FN2O6. The molecule has 3 aromatic rings. The van der Waals surface area contributed by atoms with Crippen molar-refractivity contribution in [1.29, 1.82) is 0 Å². The molecule has 2 aromatic carbocycles. The molecule has 0 aliphatic heterocycles. The second-order valence-corrected chi connectivity index (χ2v) is 5.16. The minimum absolute atomic E-state index is 0.0471. The number of fused-ring (bicyclic) bond motifs is 1. The van der Waals surface area contributed by atoms with E-state index in [0.29, 0.717) is 5.56 Å². The summed E-state index contributed by atoms with van der Waals surface area (Å²) in [6.07, 6.45) is 0. The summed E-state index contributed by atoms with van der Waals surface area (Å²) in [5.41, 5.74) is 0.407. The summed E-state index contributed by atoms with van der Waals surface area (Å²) < 4.78 is 24.2. The molecule has 0 atom stereocenters. The molecule has 0 amide bonds. The molecule has 1 heterocycles. The first-order valence-corrected chi connectivity index (χ1v) is 7.05. The number of non-ortho nitro benzene ring substituents is 1. The minimum Gasteiger partial charge on any atom is -0.465 e. The van der Waals surface area contributed by atoms with Crippen molar-refractivity contribution in [3.63, 3.8) is 0 Å². The van der Waals surface area contributed by atoms with Crippen LogP contribution in [0.2, 0.25) is 0 Å². The zero-order valence-electron chi connectivity index (χ0n) is 12.9. The molecule has 8 nitrogen and oxygen atoms in total. The zero-order chi connectivity index (χ0) is 18.1. The summed E-state index contributed by atoms with van der Waals surface area (Å²) >= 11 is 0.